The van der Waals surface area contributed by atoms with Gasteiger partial charge in [0.15, 0.2) is 22.5 Å². The molecule has 11 atom stereocenters. The maximum absolute atomic E-state index is 13.7. The molecule has 8 N–H and O–H groups in total. The molecule has 1 aromatic carbocycles. The summed E-state index contributed by atoms with van der Waals surface area (Å²) in [6.45, 7) is 3.17. The van der Waals surface area contributed by atoms with E-state index in [0.717, 1.165) is 46.8 Å². The molecule has 7 aliphatic rings. The molecule has 59 heavy (non-hydrogen) atoms. The molecule has 1 saturated carbocycles. The molecule has 9 rings (SSSR count). The second-order valence-corrected chi connectivity index (χ2v) is 17.2. The number of allylic oxidation sites excluding steroid dienone is 2. The summed E-state index contributed by atoms with van der Waals surface area (Å²) in [5, 5.41) is 58.3. The number of amides is 1. The van der Waals surface area contributed by atoms with Crippen LogP contribution in [0.15, 0.2) is 78.4 Å². The summed E-state index contributed by atoms with van der Waals surface area (Å²) in [5.41, 5.74) is 1.83. The van der Waals surface area contributed by atoms with Crippen molar-refractivity contribution in [3.05, 3.63) is 80.8 Å². The topological polar surface area (TPSA) is 222 Å². The van der Waals surface area contributed by atoms with Gasteiger partial charge in [0.25, 0.3) is 0 Å². The fourth-order valence-electron chi connectivity index (χ4n) is 10.5. The first-order valence-corrected chi connectivity index (χ1v) is 20.8. The fourth-order valence-corrected chi connectivity index (χ4v) is 10.5. The molecule has 314 valence electrons. The number of aliphatic hydroxyl groups excluding tert-OH is 4. The van der Waals surface area contributed by atoms with E-state index in [-0.39, 0.29) is 42.2 Å². The Morgan fingerprint density at radius 2 is 1.92 bits per heavy atom. The molecule has 0 radical (unpaired) electrons. The Kier molecular flexibility index (Phi) is 10.6. The van der Waals surface area contributed by atoms with Gasteiger partial charge in [-0.3, -0.25) is 29.4 Å². The van der Waals surface area contributed by atoms with Crippen LogP contribution < -0.4 is 25.3 Å². The van der Waals surface area contributed by atoms with Gasteiger partial charge in [0.2, 0.25) is 17.2 Å². The van der Waals surface area contributed by atoms with E-state index in [2.05, 4.69) is 28.4 Å². The van der Waals surface area contributed by atoms with E-state index in [9.17, 15) is 35.1 Å². The minimum Gasteiger partial charge on any atom is -0.478 e. The standard InChI is InChI=1S/C43H51N5O11/c1-3-31-27-6-10-45-30(27)19-48(31)38-39-25(14-28-33(50)13-23(2)57-40(28)38)15-36(42(58-39)9-4-5-24(17-42)26-16-37(53)46-18-26)59-56-21-35(52)43(55,41(54)34(51)20-49)22-47-12-8-29-32(47)7-11-44-29/h6-8,10-11,13-14,19,24,26,31,34-36,41,49,51-52,54-55H,3-5,9,12,15-18,20-22H2,1-2H3,(H,46,53)/p+2. The third-order valence-electron chi connectivity index (χ3n) is 13.6. The van der Waals surface area contributed by atoms with Crippen molar-refractivity contribution in [1.29, 1.82) is 0 Å². The van der Waals surface area contributed by atoms with Crippen molar-refractivity contribution in [2.45, 2.75) is 100 Å². The predicted molar refractivity (Wildman–Crippen MR) is 213 cm³/mol. The van der Waals surface area contributed by atoms with E-state index in [0.29, 0.717) is 71.0 Å². The number of aryl methyl sites for hydroxylation is 1. The molecule has 1 amide bonds. The van der Waals surface area contributed by atoms with Crippen molar-refractivity contribution in [3.63, 3.8) is 0 Å². The van der Waals surface area contributed by atoms with Crippen molar-refractivity contribution in [2.24, 2.45) is 21.8 Å². The average Bonchev–Trinajstić information content (AvgIpc) is 4.07. The minimum absolute atomic E-state index is 0.0123. The van der Waals surface area contributed by atoms with Crippen LogP contribution in [-0.2, 0) is 21.0 Å². The molecular weight excluding hydrogens is 762 g/mol. The van der Waals surface area contributed by atoms with Gasteiger partial charge in [0, 0.05) is 67.6 Å². The molecule has 1 saturated heterocycles. The van der Waals surface area contributed by atoms with Crippen LogP contribution in [-0.4, -0.2) is 118 Å². The second-order valence-electron chi connectivity index (χ2n) is 17.2. The third-order valence-corrected chi connectivity index (χ3v) is 13.6. The lowest BCUT2D eigenvalue weighted by Crippen LogP contribution is -3.11. The number of fused-ring (bicyclic) bond motifs is 4. The van der Waals surface area contributed by atoms with Crippen LogP contribution in [0.25, 0.3) is 11.0 Å². The Morgan fingerprint density at radius 1 is 1.10 bits per heavy atom. The van der Waals surface area contributed by atoms with Crippen LogP contribution in [0.4, 0.5) is 5.69 Å². The smallest absolute Gasteiger partial charge is 0.222 e. The van der Waals surface area contributed by atoms with Crippen LogP contribution in [0, 0.1) is 18.8 Å². The van der Waals surface area contributed by atoms with E-state index >= 15 is 0 Å². The zero-order chi connectivity index (χ0) is 41.2. The van der Waals surface area contributed by atoms with Crippen LogP contribution >= 0.6 is 0 Å². The van der Waals surface area contributed by atoms with Crippen molar-refractivity contribution >= 4 is 35.0 Å². The van der Waals surface area contributed by atoms with Gasteiger partial charge in [0.1, 0.15) is 79.1 Å². The highest BCUT2D eigenvalue weighted by molar-refractivity contribution is 5.90. The van der Waals surface area contributed by atoms with Crippen molar-refractivity contribution in [2.75, 3.05) is 32.8 Å². The SMILES string of the molecule is CCC1C2=CC=NC2=C[NH+]1c1c2c(cc3c(=O)cc(C)oc13)CC(OOCC(O)C(O)(C[NH+]1CC=C3N=CC=C31)C(O)C(O)CO)C1(CCCC(C3CNC(=O)C3)C1)O2. The van der Waals surface area contributed by atoms with Crippen molar-refractivity contribution in [1.82, 2.24) is 5.32 Å². The molecule has 16 nitrogen and oxygen atoms in total. The number of nitrogens with zero attached hydrogens (tertiary/aromatic N) is 2. The van der Waals surface area contributed by atoms with Gasteiger partial charge in [-0.05, 0) is 56.6 Å². The summed E-state index contributed by atoms with van der Waals surface area (Å²) >= 11 is 0. The first-order valence-electron chi connectivity index (χ1n) is 20.8. The van der Waals surface area contributed by atoms with E-state index in [1.165, 1.54) is 6.07 Å². The number of aliphatic imine (C=N–C) groups is 2. The lowest BCUT2D eigenvalue weighted by molar-refractivity contribution is -0.856. The van der Waals surface area contributed by atoms with Gasteiger partial charge >= 0.3 is 0 Å². The Labute approximate surface area is 340 Å². The lowest BCUT2D eigenvalue weighted by Gasteiger charge is -2.49. The molecular formula is C43H53N5O11+2. The highest BCUT2D eigenvalue weighted by Crippen LogP contribution is 2.51. The Bertz CT molecular complexity index is 2280. The zero-order valence-electron chi connectivity index (χ0n) is 33.2. The molecule has 0 bridgehead atoms. The van der Waals surface area contributed by atoms with E-state index < -0.39 is 48.8 Å². The maximum atomic E-state index is 13.7. The number of carbonyl (C=O) groups is 1. The van der Waals surface area contributed by atoms with Gasteiger partial charge in [0.05, 0.1) is 12.0 Å². The van der Waals surface area contributed by atoms with Gasteiger partial charge in [-0.1, -0.05) is 6.92 Å². The second kappa shape index (κ2) is 15.6. The number of benzene rings is 1. The van der Waals surface area contributed by atoms with E-state index in [1.807, 2.05) is 12.2 Å². The normalized spacial score (nSPS) is 31.8. The summed E-state index contributed by atoms with van der Waals surface area (Å²) in [7, 11) is 0. The fraction of sp³-hybridized carbons (Fsp3) is 0.535. The summed E-state index contributed by atoms with van der Waals surface area (Å²) in [6.07, 6.45) is 9.19. The maximum Gasteiger partial charge on any atom is 0.222 e. The summed E-state index contributed by atoms with van der Waals surface area (Å²) in [6, 6.07) is 3.26. The molecule has 16 heteroatoms. The molecule has 1 spiro atoms. The number of hydrogen-bond donors (Lipinski definition) is 8. The number of ether oxygens (including phenoxy) is 1. The Balaban J connectivity index is 1.06. The van der Waals surface area contributed by atoms with Crippen LogP contribution in [0.5, 0.6) is 5.75 Å². The number of rotatable bonds is 13. The highest BCUT2D eigenvalue weighted by atomic mass is 17.2. The monoisotopic (exact) mass is 815 g/mol. The average molecular weight is 816 g/mol. The predicted octanol–water partition coefficient (Wildman–Crippen LogP) is -0.864. The van der Waals surface area contributed by atoms with Gasteiger partial charge in [-0.15, -0.1) is 0 Å². The third kappa shape index (κ3) is 6.93. The van der Waals surface area contributed by atoms with Crippen molar-refractivity contribution in [3.8, 4) is 5.75 Å². The van der Waals surface area contributed by atoms with Gasteiger partial charge in [-0.25, -0.2) is 9.78 Å². The van der Waals surface area contributed by atoms with Crippen molar-refractivity contribution < 1.29 is 59.1 Å². The lowest BCUT2D eigenvalue weighted by atomic mass is 9.68. The molecule has 2 aromatic rings. The van der Waals surface area contributed by atoms with Gasteiger partial charge in [-0.2, -0.15) is 0 Å². The Morgan fingerprint density at radius 3 is 2.69 bits per heavy atom. The molecule has 1 aromatic heterocycles. The summed E-state index contributed by atoms with van der Waals surface area (Å²) in [4.78, 5) is 48.8. The summed E-state index contributed by atoms with van der Waals surface area (Å²) < 4.78 is 13.8. The van der Waals surface area contributed by atoms with Crippen LogP contribution in [0.2, 0.25) is 0 Å². The first-order chi connectivity index (χ1) is 28.4. The molecule has 7 heterocycles. The largest absolute Gasteiger partial charge is 0.478 e. The Hall–Kier alpha value is -4.36. The highest BCUT2D eigenvalue weighted by Gasteiger charge is 2.55. The quantitative estimate of drug-likeness (QED) is 0.0919. The van der Waals surface area contributed by atoms with Gasteiger partial charge < -0.3 is 40.0 Å². The number of nitrogens with one attached hydrogen (secondary N) is 3. The number of carbonyl (C=O) groups excluding carboxylic acids is 1. The molecule has 11 unspecified atom stereocenters. The number of hydrogen-bond acceptors (Lipinski definition) is 13. The minimum atomic E-state index is -2.35. The van der Waals surface area contributed by atoms with E-state index in [1.54, 1.807) is 31.5 Å². The number of aliphatic hydroxyl groups is 5. The molecule has 2 fully saturated rings. The van der Waals surface area contributed by atoms with E-state index in [4.69, 9.17) is 18.9 Å². The number of quaternary nitrogens is 2. The van der Waals surface area contributed by atoms with Crippen LogP contribution in [0.3, 0.4) is 0 Å². The first kappa shape index (κ1) is 40.1. The molecule has 1 aliphatic carbocycles. The molecule has 6 aliphatic heterocycles. The van der Waals surface area contributed by atoms with Crippen LogP contribution in [0.1, 0.15) is 56.8 Å². The summed E-state index contributed by atoms with van der Waals surface area (Å²) in [5.74, 6) is 1.32. The zero-order valence-corrected chi connectivity index (χ0v) is 33.2.